The number of hydrogen-bond donors (Lipinski definition) is 2. The van der Waals surface area contributed by atoms with Gasteiger partial charge in [0.05, 0.1) is 6.42 Å². The first kappa shape index (κ1) is 22.4. The van der Waals surface area contributed by atoms with Crippen LogP contribution in [0.5, 0.6) is 0 Å². The molecular formula is C22H25ClN2O4. The Kier molecular flexibility index (Phi) is 8.21. The lowest BCUT2D eigenvalue weighted by atomic mass is 10.0. The molecule has 2 N–H and O–H groups in total. The standard InChI is InChI=1S/C22H25ClN2O4/c1-14(2)18-6-4-5-7-19(18)25-21(27)15(3)29-20(26)12-13-24-22(28)16-8-10-17(23)11-9-16/h4-11,14-15H,12-13H2,1-3H3,(H,24,28)(H,25,27)/t15-/m0/s1. The number of esters is 1. The van der Waals surface area contributed by atoms with Gasteiger partial charge in [-0.25, -0.2) is 0 Å². The largest absolute Gasteiger partial charge is 0.452 e. The number of carbonyl (C=O) groups excluding carboxylic acids is 3. The van der Waals surface area contributed by atoms with Crippen LogP contribution in [0.4, 0.5) is 5.69 Å². The van der Waals surface area contributed by atoms with E-state index in [1.165, 1.54) is 6.92 Å². The summed E-state index contributed by atoms with van der Waals surface area (Å²) in [6, 6.07) is 13.9. The first-order valence-electron chi connectivity index (χ1n) is 9.41. The van der Waals surface area contributed by atoms with E-state index in [1.807, 2.05) is 38.1 Å². The van der Waals surface area contributed by atoms with Gasteiger partial charge < -0.3 is 15.4 Å². The predicted octanol–water partition coefficient (Wildman–Crippen LogP) is 4.15. The molecule has 0 bridgehead atoms. The van der Waals surface area contributed by atoms with Gasteiger partial charge in [0, 0.05) is 22.8 Å². The van der Waals surface area contributed by atoms with Gasteiger partial charge in [0.25, 0.3) is 11.8 Å². The minimum absolute atomic E-state index is 0.0421. The Bertz CT molecular complexity index is 865. The van der Waals surface area contributed by atoms with Crippen molar-refractivity contribution in [2.24, 2.45) is 0 Å². The first-order chi connectivity index (χ1) is 13.8. The molecule has 0 heterocycles. The topological polar surface area (TPSA) is 84.5 Å². The van der Waals surface area contributed by atoms with E-state index in [0.29, 0.717) is 16.3 Å². The Balaban J connectivity index is 1.79. The summed E-state index contributed by atoms with van der Waals surface area (Å²) in [5, 5.41) is 5.96. The first-order valence-corrected chi connectivity index (χ1v) is 9.78. The minimum Gasteiger partial charge on any atom is -0.452 e. The monoisotopic (exact) mass is 416 g/mol. The second kappa shape index (κ2) is 10.6. The minimum atomic E-state index is -0.949. The lowest BCUT2D eigenvalue weighted by Gasteiger charge is -2.17. The SMILES string of the molecule is CC(C)c1ccccc1NC(=O)[C@H](C)OC(=O)CCNC(=O)c1ccc(Cl)cc1. The number of halogens is 1. The zero-order valence-corrected chi connectivity index (χ0v) is 17.5. The third-order valence-corrected chi connectivity index (χ3v) is 4.49. The number of hydrogen-bond acceptors (Lipinski definition) is 4. The van der Waals surface area contributed by atoms with E-state index in [4.69, 9.17) is 16.3 Å². The molecule has 0 aliphatic carbocycles. The van der Waals surface area contributed by atoms with Gasteiger partial charge in [-0.2, -0.15) is 0 Å². The maximum absolute atomic E-state index is 12.3. The smallest absolute Gasteiger partial charge is 0.308 e. The number of anilines is 1. The van der Waals surface area contributed by atoms with E-state index in [1.54, 1.807) is 24.3 Å². The Hall–Kier alpha value is -2.86. The zero-order chi connectivity index (χ0) is 21.4. The van der Waals surface area contributed by atoms with E-state index in [-0.39, 0.29) is 24.8 Å². The second-order valence-corrected chi connectivity index (χ2v) is 7.31. The molecule has 0 fully saturated rings. The Morgan fingerprint density at radius 1 is 1.00 bits per heavy atom. The summed E-state index contributed by atoms with van der Waals surface area (Å²) in [6.07, 6.45) is -0.991. The van der Waals surface area contributed by atoms with E-state index in [9.17, 15) is 14.4 Å². The average Bonchev–Trinajstić information content (AvgIpc) is 2.68. The summed E-state index contributed by atoms with van der Waals surface area (Å²) in [6.45, 7) is 5.68. The molecule has 0 aromatic heterocycles. The molecule has 0 saturated heterocycles. The summed E-state index contributed by atoms with van der Waals surface area (Å²) in [4.78, 5) is 36.3. The number of para-hydroxylation sites is 1. The van der Waals surface area contributed by atoms with Crippen LogP contribution in [-0.2, 0) is 14.3 Å². The molecule has 0 spiro atoms. The normalized spacial score (nSPS) is 11.6. The molecule has 2 amide bonds. The molecule has 0 aliphatic heterocycles. The maximum Gasteiger partial charge on any atom is 0.308 e. The molecule has 29 heavy (non-hydrogen) atoms. The Labute approximate surface area is 175 Å². The van der Waals surface area contributed by atoms with Crippen LogP contribution >= 0.6 is 11.6 Å². The summed E-state index contributed by atoms with van der Waals surface area (Å²) >= 11 is 5.79. The third-order valence-electron chi connectivity index (χ3n) is 4.24. The van der Waals surface area contributed by atoms with Crippen molar-refractivity contribution in [1.82, 2.24) is 5.32 Å². The van der Waals surface area contributed by atoms with Crippen molar-refractivity contribution in [2.45, 2.75) is 39.2 Å². The molecular weight excluding hydrogens is 392 g/mol. The van der Waals surface area contributed by atoms with E-state index >= 15 is 0 Å². The van der Waals surface area contributed by atoms with Gasteiger partial charge in [-0.1, -0.05) is 43.6 Å². The van der Waals surface area contributed by atoms with Gasteiger partial charge in [-0.05, 0) is 48.7 Å². The molecule has 0 radical (unpaired) electrons. The van der Waals surface area contributed by atoms with Gasteiger partial charge >= 0.3 is 5.97 Å². The fourth-order valence-electron chi connectivity index (χ4n) is 2.64. The van der Waals surface area contributed by atoms with Crippen molar-refractivity contribution in [1.29, 1.82) is 0 Å². The van der Waals surface area contributed by atoms with Crippen molar-refractivity contribution < 1.29 is 19.1 Å². The summed E-state index contributed by atoms with van der Waals surface area (Å²) in [7, 11) is 0. The molecule has 0 unspecified atom stereocenters. The highest BCUT2D eigenvalue weighted by Gasteiger charge is 2.19. The lowest BCUT2D eigenvalue weighted by molar-refractivity contribution is -0.153. The van der Waals surface area contributed by atoms with Crippen LogP contribution in [0.2, 0.25) is 5.02 Å². The number of amides is 2. The van der Waals surface area contributed by atoms with Crippen LogP contribution in [-0.4, -0.2) is 30.4 Å². The molecule has 2 rings (SSSR count). The van der Waals surface area contributed by atoms with E-state index in [0.717, 1.165) is 5.56 Å². The van der Waals surface area contributed by atoms with Crippen LogP contribution < -0.4 is 10.6 Å². The number of benzene rings is 2. The summed E-state index contributed by atoms with van der Waals surface area (Å²) in [5.74, 6) is -1.04. The Morgan fingerprint density at radius 2 is 1.66 bits per heavy atom. The van der Waals surface area contributed by atoms with Gasteiger partial charge in [0.2, 0.25) is 0 Å². The molecule has 0 aliphatic rings. The highest BCUT2D eigenvalue weighted by molar-refractivity contribution is 6.30. The molecule has 1 atom stereocenters. The Morgan fingerprint density at radius 3 is 2.31 bits per heavy atom. The second-order valence-electron chi connectivity index (χ2n) is 6.88. The molecule has 154 valence electrons. The van der Waals surface area contributed by atoms with Gasteiger partial charge in [0.1, 0.15) is 0 Å². The molecule has 2 aromatic carbocycles. The molecule has 0 saturated carbocycles. The van der Waals surface area contributed by atoms with Gasteiger partial charge in [-0.3, -0.25) is 14.4 Å². The van der Waals surface area contributed by atoms with Crippen LogP contribution in [0.15, 0.2) is 48.5 Å². The number of rotatable bonds is 8. The van der Waals surface area contributed by atoms with Crippen LogP contribution in [0, 0.1) is 0 Å². The third kappa shape index (κ3) is 6.91. The fourth-order valence-corrected chi connectivity index (χ4v) is 2.77. The van der Waals surface area contributed by atoms with Crippen molar-refractivity contribution >= 4 is 35.1 Å². The highest BCUT2D eigenvalue weighted by atomic mass is 35.5. The number of nitrogens with one attached hydrogen (secondary N) is 2. The summed E-state index contributed by atoms with van der Waals surface area (Å²) in [5.41, 5.74) is 2.15. The van der Waals surface area contributed by atoms with Gasteiger partial charge in [-0.15, -0.1) is 0 Å². The fraction of sp³-hybridized carbons (Fsp3) is 0.318. The van der Waals surface area contributed by atoms with Crippen molar-refractivity contribution in [3.05, 3.63) is 64.7 Å². The van der Waals surface area contributed by atoms with E-state index < -0.39 is 18.0 Å². The van der Waals surface area contributed by atoms with Crippen LogP contribution in [0.1, 0.15) is 49.0 Å². The number of ether oxygens (including phenoxy) is 1. The van der Waals surface area contributed by atoms with Gasteiger partial charge in [0.15, 0.2) is 6.10 Å². The van der Waals surface area contributed by atoms with Crippen LogP contribution in [0.25, 0.3) is 0 Å². The van der Waals surface area contributed by atoms with Crippen LogP contribution in [0.3, 0.4) is 0 Å². The molecule has 6 nitrogen and oxygen atoms in total. The molecule has 7 heteroatoms. The molecule has 2 aromatic rings. The van der Waals surface area contributed by atoms with Crippen molar-refractivity contribution in [3.63, 3.8) is 0 Å². The quantitative estimate of drug-likeness (QED) is 0.633. The van der Waals surface area contributed by atoms with E-state index in [2.05, 4.69) is 10.6 Å². The summed E-state index contributed by atoms with van der Waals surface area (Å²) < 4.78 is 5.17. The van der Waals surface area contributed by atoms with Crippen molar-refractivity contribution in [2.75, 3.05) is 11.9 Å². The zero-order valence-electron chi connectivity index (χ0n) is 16.7. The maximum atomic E-state index is 12.3. The van der Waals surface area contributed by atoms with Crippen molar-refractivity contribution in [3.8, 4) is 0 Å². The highest BCUT2D eigenvalue weighted by Crippen LogP contribution is 2.23. The average molecular weight is 417 g/mol. The number of carbonyl (C=O) groups is 3. The lowest BCUT2D eigenvalue weighted by Crippen LogP contribution is -2.32. The predicted molar refractivity (Wildman–Crippen MR) is 113 cm³/mol.